The lowest BCUT2D eigenvalue weighted by molar-refractivity contribution is -0.141. The normalized spacial score (nSPS) is 14.7. The van der Waals surface area contributed by atoms with E-state index in [1.807, 2.05) is 6.92 Å². The Balaban J connectivity index is 1.62. The van der Waals surface area contributed by atoms with Crippen LogP contribution >= 0.6 is 11.8 Å². The fourth-order valence-corrected chi connectivity index (χ4v) is 4.64. The smallest absolute Gasteiger partial charge is 0.310 e. The number of hydrogen-bond donors (Lipinski definition) is 0. The van der Waals surface area contributed by atoms with Crippen LogP contribution in [0.2, 0.25) is 0 Å². The highest BCUT2D eigenvalue weighted by atomic mass is 32.2. The van der Waals surface area contributed by atoms with Crippen LogP contribution < -0.4 is 0 Å². The van der Waals surface area contributed by atoms with Crippen molar-refractivity contribution in [1.29, 1.82) is 0 Å². The topological polar surface area (TPSA) is 61.4 Å². The van der Waals surface area contributed by atoms with Crippen LogP contribution in [0.1, 0.15) is 42.6 Å². The van der Waals surface area contributed by atoms with E-state index in [-0.39, 0.29) is 17.1 Å². The van der Waals surface area contributed by atoms with Crippen molar-refractivity contribution < 1.29 is 26.3 Å². The van der Waals surface area contributed by atoms with Gasteiger partial charge in [0, 0.05) is 24.1 Å². The number of alkyl halides is 6. The maximum atomic E-state index is 13.7. The Morgan fingerprint density at radius 3 is 2.40 bits per heavy atom. The molecule has 1 aliphatic rings. The maximum absolute atomic E-state index is 13.7. The third-order valence-corrected chi connectivity index (χ3v) is 6.55. The van der Waals surface area contributed by atoms with Crippen molar-refractivity contribution in [2.24, 2.45) is 7.05 Å². The second-order valence-corrected chi connectivity index (χ2v) is 9.45. The van der Waals surface area contributed by atoms with Gasteiger partial charge in [0.05, 0.1) is 23.1 Å². The average molecular weight is 512 g/mol. The molecule has 0 amide bonds. The van der Waals surface area contributed by atoms with Gasteiger partial charge >= 0.3 is 12.4 Å². The van der Waals surface area contributed by atoms with Crippen LogP contribution in [0.25, 0.3) is 28.4 Å². The van der Waals surface area contributed by atoms with E-state index in [4.69, 9.17) is 0 Å². The summed E-state index contributed by atoms with van der Waals surface area (Å²) in [6.07, 6.45) is -5.25. The molecule has 0 bridgehead atoms. The van der Waals surface area contributed by atoms with Gasteiger partial charge in [0.1, 0.15) is 11.2 Å². The van der Waals surface area contributed by atoms with Crippen LogP contribution in [-0.2, 0) is 19.4 Å². The molecule has 13 heteroatoms. The van der Waals surface area contributed by atoms with Gasteiger partial charge in [-0.2, -0.15) is 31.4 Å². The van der Waals surface area contributed by atoms with E-state index < -0.39 is 23.6 Å². The number of thioether (sulfide) groups is 1. The van der Waals surface area contributed by atoms with Crippen molar-refractivity contribution >= 4 is 22.9 Å². The molecule has 1 fully saturated rings. The van der Waals surface area contributed by atoms with Crippen LogP contribution in [0.5, 0.6) is 0 Å². The third-order valence-electron chi connectivity index (χ3n) is 5.64. The van der Waals surface area contributed by atoms with Gasteiger partial charge < -0.3 is 4.57 Å². The Hall–Kier alpha value is -3.09. The molecule has 0 spiro atoms. The van der Waals surface area contributed by atoms with E-state index in [9.17, 15) is 26.3 Å². The molecule has 0 aromatic carbocycles. The highest BCUT2D eigenvalue weighted by molar-refractivity contribution is 7.99. The van der Waals surface area contributed by atoms with Gasteiger partial charge in [-0.15, -0.1) is 11.8 Å². The zero-order valence-electron chi connectivity index (χ0n) is 18.4. The van der Waals surface area contributed by atoms with Gasteiger partial charge in [-0.05, 0) is 36.8 Å². The Labute approximate surface area is 199 Å². The summed E-state index contributed by atoms with van der Waals surface area (Å²) in [5.41, 5.74) is -0.652. The fraction of sp³-hybridized carbons (Fsp3) is 0.364. The second kappa shape index (κ2) is 8.25. The number of pyridine rings is 2. The Morgan fingerprint density at radius 2 is 1.80 bits per heavy atom. The van der Waals surface area contributed by atoms with Crippen molar-refractivity contribution in [3.8, 4) is 17.2 Å². The molecule has 4 aromatic heterocycles. The molecule has 0 N–H and O–H groups in total. The summed E-state index contributed by atoms with van der Waals surface area (Å²) >= 11 is 1.38. The first kappa shape index (κ1) is 23.6. The molecular weight excluding hydrogens is 494 g/mol. The summed E-state index contributed by atoms with van der Waals surface area (Å²) in [7, 11) is 1.65. The van der Waals surface area contributed by atoms with E-state index >= 15 is 0 Å². The number of hydrogen-bond acceptors (Lipinski definition) is 5. The third kappa shape index (κ3) is 4.37. The Kier molecular flexibility index (Phi) is 5.57. The lowest BCUT2D eigenvalue weighted by atomic mass is 10.1. The highest BCUT2D eigenvalue weighted by Crippen LogP contribution is 2.46. The van der Waals surface area contributed by atoms with Crippen molar-refractivity contribution in [1.82, 2.24) is 29.3 Å². The highest BCUT2D eigenvalue weighted by Gasteiger charge is 2.40. The molecule has 6 nitrogen and oxygen atoms in total. The molecule has 4 aromatic rings. The number of aryl methyl sites for hydroxylation is 1. The monoisotopic (exact) mass is 512 g/mol. The summed E-state index contributed by atoms with van der Waals surface area (Å²) in [6, 6.07) is 3.53. The van der Waals surface area contributed by atoms with Gasteiger partial charge in [-0.3, -0.25) is 0 Å². The van der Waals surface area contributed by atoms with Gasteiger partial charge in [0.2, 0.25) is 0 Å². The van der Waals surface area contributed by atoms with Crippen molar-refractivity contribution in [2.75, 3.05) is 5.75 Å². The Bertz CT molecular complexity index is 1420. The molecule has 1 saturated carbocycles. The summed E-state index contributed by atoms with van der Waals surface area (Å²) in [5, 5.41) is 3.58. The molecule has 0 radical (unpaired) electrons. The van der Waals surface area contributed by atoms with Crippen molar-refractivity contribution in [2.45, 2.75) is 42.9 Å². The van der Waals surface area contributed by atoms with Crippen LogP contribution in [0.4, 0.5) is 26.3 Å². The molecule has 184 valence electrons. The minimum absolute atomic E-state index is 0.0326. The molecule has 35 heavy (non-hydrogen) atoms. The van der Waals surface area contributed by atoms with E-state index in [0.717, 1.165) is 16.8 Å². The van der Waals surface area contributed by atoms with Crippen LogP contribution in [0, 0.1) is 0 Å². The van der Waals surface area contributed by atoms with Gasteiger partial charge in [-0.1, -0.05) is 6.92 Å². The number of aromatic nitrogens is 6. The average Bonchev–Trinajstić information content (AvgIpc) is 3.40. The lowest BCUT2D eigenvalue weighted by Crippen LogP contribution is -2.11. The molecule has 1 aliphatic carbocycles. The number of nitrogens with zero attached hydrogens (tertiary/aromatic N) is 6. The van der Waals surface area contributed by atoms with Crippen molar-refractivity contribution in [3.63, 3.8) is 0 Å². The summed E-state index contributed by atoms with van der Waals surface area (Å²) < 4.78 is 82.5. The molecule has 0 aliphatic heterocycles. The molecule has 0 saturated heterocycles. The fourth-order valence-electron chi connectivity index (χ4n) is 3.84. The van der Waals surface area contributed by atoms with Gasteiger partial charge in [-0.25, -0.2) is 19.6 Å². The first-order valence-electron chi connectivity index (χ1n) is 10.7. The molecule has 0 atom stereocenters. The minimum atomic E-state index is -4.58. The number of fused-ring (bicyclic) bond motifs is 1. The molecule has 5 rings (SSSR count). The number of rotatable bonds is 5. The standard InChI is InChI=1S/C22H18F6N6S/c1-3-35-15-8-12(34-7-6-16(32-34)22(26,27)28)10-29-18(15)20-30-14-9-13(21(23,24)25)17(11-4-5-11)31-19(14)33(20)2/h6-11H,3-5H2,1-2H3. The Morgan fingerprint density at radius 1 is 1.06 bits per heavy atom. The van der Waals surface area contributed by atoms with Crippen LogP contribution in [0.15, 0.2) is 35.5 Å². The second-order valence-electron chi connectivity index (χ2n) is 8.15. The predicted molar refractivity (Wildman–Crippen MR) is 117 cm³/mol. The van der Waals surface area contributed by atoms with E-state index in [0.29, 0.717) is 46.3 Å². The van der Waals surface area contributed by atoms with E-state index in [1.54, 1.807) is 17.7 Å². The first-order chi connectivity index (χ1) is 16.5. The zero-order valence-corrected chi connectivity index (χ0v) is 19.3. The van der Waals surface area contributed by atoms with E-state index in [2.05, 4.69) is 20.1 Å². The summed E-state index contributed by atoms with van der Waals surface area (Å²) in [5.74, 6) is 0.721. The predicted octanol–water partition coefficient (Wildman–Crippen LogP) is 6.24. The summed E-state index contributed by atoms with van der Waals surface area (Å²) in [4.78, 5) is 13.8. The molecule has 4 heterocycles. The quantitative estimate of drug-likeness (QED) is 0.234. The van der Waals surface area contributed by atoms with Crippen LogP contribution in [0.3, 0.4) is 0 Å². The first-order valence-corrected chi connectivity index (χ1v) is 11.7. The number of imidazole rings is 1. The maximum Gasteiger partial charge on any atom is 0.435 e. The molecular formula is C22H18F6N6S. The molecule has 0 unspecified atom stereocenters. The van der Waals surface area contributed by atoms with Gasteiger partial charge in [0.25, 0.3) is 0 Å². The van der Waals surface area contributed by atoms with E-state index in [1.165, 1.54) is 24.2 Å². The SMILES string of the molecule is CCSc1cc(-n2ccc(C(F)(F)F)n2)cnc1-c1nc2cc(C(F)(F)F)c(C3CC3)nc2n1C. The number of halogens is 6. The van der Waals surface area contributed by atoms with Crippen LogP contribution in [-0.4, -0.2) is 35.1 Å². The summed E-state index contributed by atoms with van der Waals surface area (Å²) in [6.45, 7) is 1.89. The van der Waals surface area contributed by atoms with Crippen molar-refractivity contribution in [3.05, 3.63) is 47.5 Å². The van der Waals surface area contributed by atoms with Gasteiger partial charge in [0.15, 0.2) is 17.2 Å². The largest absolute Gasteiger partial charge is 0.435 e. The minimum Gasteiger partial charge on any atom is -0.310 e. The zero-order chi connectivity index (χ0) is 25.1. The lowest BCUT2D eigenvalue weighted by Gasteiger charge is -2.12.